The normalized spacial score (nSPS) is 12.0. The second-order valence-corrected chi connectivity index (χ2v) is 7.83. The van der Waals surface area contributed by atoms with Crippen molar-refractivity contribution in [2.24, 2.45) is 0 Å². The Bertz CT molecular complexity index is 162. The second-order valence-electron chi connectivity index (χ2n) is 3.77. The van der Waals surface area contributed by atoms with E-state index in [9.17, 15) is 0 Å². The van der Waals surface area contributed by atoms with E-state index in [1.54, 1.807) is 14.2 Å². The number of ether oxygens (including phenoxy) is 2. The first-order chi connectivity index (χ1) is 8.24. The van der Waals surface area contributed by atoms with Gasteiger partial charge in [-0.05, 0) is 24.3 Å². The minimum absolute atomic E-state index is 0.607. The van der Waals surface area contributed by atoms with Gasteiger partial charge >= 0.3 is 8.56 Å². The summed E-state index contributed by atoms with van der Waals surface area (Å²) in [5.41, 5.74) is 0. The highest BCUT2D eigenvalue weighted by atomic mass is 32.1. The van der Waals surface area contributed by atoms with Gasteiger partial charge in [-0.15, -0.1) is 0 Å². The van der Waals surface area contributed by atoms with Gasteiger partial charge in [0.1, 0.15) is 0 Å². The van der Waals surface area contributed by atoms with Crippen LogP contribution in [0.3, 0.4) is 0 Å². The van der Waals surface area contributed by atoms with Gasteiger partial charge in [0.15, 0.2) is 0 Å². The van der Waals surface area contributed by atoms with Crippen LogP contribution in [-0.4, -0.2) is 55.0 Å². The number of hydrogen-bond donors (Lipinski definition) is 1. The molecule has 0 radical (unpaired) electrons. The van der Waals surface area contributed by atoms with Crippen molar-refractivity contribution in [1.29, 1.82) is 0 Å². The molecule has 104 valence electrons. The van der Waals surface area contributed by atoms with Crippen molar-refractivity contribution in [3.63, 3.8) is 0 Å². The van der Waals surface area contributed by atoms with Crippen LogP contribution in [0, 0.1) is 0 Å². The van der Waals surface area contributed by atoms with E-state index < -0.39 is 8.56 Å². The Morgan fingerprint density at radius 2 is 1.47 bits per heavy atom. The molecule has 0 aromatic carbocycles. The van der Waals surface area contributed by atoms with Crippen molar-refractivity contribution in [2.75, 3.05) is 46.4 Å². The van der Waals surface area contributed by atoms with Gasteiger partial charge in [-0.2, -0.15) is 12.6 Å². The molecule has 0 bridgehead atoms. The maximum Gasteiger partial charge on any atom is 0.338 e. The maximum absolute atomic E-state index is 5.97. The van der Waals surface area contributed by atoms with Crippen LogP contribution in [0.4, 0.5) is 0 Å². The molecule has 4 nitrogen and oxygen atoms in total. The van der Waals surface area contributed by atoms with Gasteiger partial charge in [0.2, 0.25) is 0 Å². The number of methoxy groups -OCH3 is 2. The van der Waals surface area contributed by atoms with Crippen molar-refractivity contribution < 1.29 is 18.3 Å². The molecular formula is C11H26O4SSi. The van der Waals surface area contributed by atoms with Gasteiger partial charge in [-0.3, -0.25) is 0 Å². The molecule has 0 aromatic rings. The van der Waals surface area contributed by atoms with Gasteiger partial charge in [-0.1, -0.05) is 6.92 Å². The van der Waals surface area contributed by atoms with E-state index in [1.165, 1.54) is 0 Å². The van der Waals surface area contributed by atoms with Crippen LogP contribution >= 0.6 is 12.6 Å². The van der Waals surface area contributed by atoms with E-state index >= 15 is 0 Å². The van der Waals surface area contributed by atoms with Crippen molar-refractivity contribution >= 4 is 21.2 Å². The molecule has 0 N–H and O–H groups in total. The van der Waals surface area contributed by atoms with E-state index in [4.69, 9.17) is 18.3 Å². The quantitative estimate of drug-likeness (QED) is 0.338. The summed E-state index contributed by atoms with van der Waals surface area (Å²) < 4.78 is 22.0. The average Bonchev–Trinajstić information content (AvgIpc) is 2.36. The zero-order chi connectivity index (χ0) is 13.0. The molecular weight excluding hydrogens is 256 g/mol. The fraction of sp³-hybridized carbons (Fsp3) is 1.00. The first-order valence-corrected chi connectivity index (χ1v) is 8.97. The molecule has 0 saturated carbocycles. The summed E-state index contributed by atoms with van der Waals surface area (Å²) >= 11 is 4.25. The highest BCUT2D eigenvalue weighted by Crippen LogP contribution is 2.21. The molecule has 0 fully saturated rings. The largest absolute Gasteiger partial charge is 0.392 e. The van der Waals surface area contributed by atoms with E-state index in [0.717, 1.165) is 24.3 Å². The van der Waals surface area contributed by atoms with Crippen LogP contribution in [0.25, 0.3) is 0 Å². The fourth-order valence-corrected chi connectivity index (χ4v) is 4.75. The molecule has 0 aromatic heterocycles. The van der Waals surface area contributed by atoms with E-state index in [0.29, 0.717) is 26.4 Å². The molecule has 0 rings (SSSR count). The van der Waals surface area contributed by atoms with Crippen LogP contribution in [-0.2, 0) is 18.3 Å². The Morgan fingerprint density at radius 3 is 1.82 bits per heavy atom. The van der Waals surface area contributed by atoms with Gasteiger partial charge in [0.25, 0.3) is 0 Å². The number of thiol groups is 1. The van der Waals surface area contributed by atoms with Crippen LogP contribution in [0.5, 0.6) is 0 Å². The zero-order valence-electron chi connectivity index (χ0n) is 11.2. The van der Waals surface area contributed by atoms with E-state index in [1.807, 2.05) is 0 Å². The monoisotopic (exact) mass is 282 g/mol. The average molecular weight is 282 g/mol. The molecule has 0 saturated heterocycles. The van der Waals surface area contributed by atoms with Crippen LogP contribution in [0.1, 0.15) is 13.3 Å². The Labute approximate surface area is 112 Å². The zero-order valence-corrected chi connectivity index (χ0v) is 13.1. The lowest BCUT2D eigenvalue weighted by Gasteiger charge is -2.29. The summed E-state index contributed by atoms with van der Waals surface area (Å²) in [6.45, 7) is 4.57. The number of rotatable bonds is 12. The third-order valence-corrected chi connectivity index (χ3v) is 6.53. The summed E-state index contributed by atoms with van der Waals surface area (Å²) in [5.74, 6) is 0.871. The first kappa shape index (κ1) is 17.4. The topological polar surface area (TPSA) is 36.9 Å². The molecule has 0 amide bonds. The van der Waals surface area contributed by atoms with E-state index in [2.05, 4.69) is 19.6 Å². The van der Waals surface area contributed by atoms with Crippen molar-refractivity contribution in [3.05, 3.63) is 0 Å². The molecule has 17 heavy (non-hydrogen) atoms. The molecule has 6 heteroatoms. The lowest BCUT2D eigenvalue weighted by atomic mass is 10.6. The Hall–Kier alpha value is 0.407. The summed E-state index contributed by atoms with van der Waals surface area (Å²) in [7, 11) is 1.28. The molecule has 0 unspecified atom stereocenters. The highest BCUT2D eigenvalue weighted by molar-refractivity contribution is 7.80. The molecule has 0 aliphatic heterocycles. The Balaban J connectivity index is 4.17. The standard InChI is InChI=1S/C11H26O4SSi/c1-4-17(11-5-10-16,14-8-6-12-2)15-9-7-13-3/h16H,4-11H2,1-3H3. The minimum atomic E-state index is -2.07. The van der Waals surface area contributed by atoms with Crippen molar-refractivity contribution in [3.8, 4) is 0 Å². The Kier molecular flexibility index (Phi) is 11.8. The van der Waals surface area contributed by atoms with E-state index in [-0.39, 0.29) is 0 Å². The minimum Gasteiger partial charge on any atom is -0.392 e. The molecule has 0 aliphatic carbocycles. The number of hydrogen-bond acceptors (Lipinski definition) is 5. The third-order valence-electron chi connectivity index (χ3n) is 2.56. The highest BCUT2D eigenvalue weighted by Gasteiger charge is 2.34. The van der Waals surface area contributed by atoms with Crippen molar-refractivity contribution in [2.45, 2.75) is 25.4 Å². The SMILES string of the molecule is CC[Si](CCCS)(OCCOC)OCCOC. The summed E-state index contributed by atoms with van der Waals surface area (Å²) in [6.07, 6.45) is 1.03. The smallest absolute Gasteiger partial charge is 0.338 e. The third kappa shape index (κ3) is 8.18. The van der Waals surface area contributed by atoms with Gasteiger partial charge in [0, 0.05) is 14.2 Å². The lowest BCUT2D eigenvalue weighted by molar-refractivity contribution is 0.0860. The molecule has 0 atom stereocenters. The van der Waals surface area contributed by atoms with Crippen LogP contribution in [0.2, 0.25) is 12.1 Å². The summed E-state index contributed by atoms with van der Waals surface area (Å²) in [5, 5.41) is 0. The fourth-order valence-electron chi connectivity index (χ4n) is 1.54. The summed E-state index contributed by atoms with van der Waals surface area (Å²) in [4.78, 5) is 0. The molecule has 0 aliphatic rings. The molecule has 0 spiro atoms. The molecule has 0 heterocycles. The second kappa shape index (κ2) is 11.5. The predicted molar refractivity (Wildman–Crippen MR) is 75.2 cm³/mol. The predicted octanol–water partition coefficient (Wildman–Crippen LogP) is 2.09. The maximum atomic E-state index is 5.97. The van der Waals surface area contributed by atoms with Crippen LogP contribution in [0.15, 0.2) is 0 Å². The van der Waals surface area contributed by atoms with Gasteiger partial charge in [0.05, 0.1) is 26.4 Å². The van der Waals surface area contributed by atoms with Crippen LogP contribution < -0.4 is 0 Å². The van der Waals surface area contributed by atoms with Gasteiger partial charge in [-0.25, -0.2) is 0 Å². The lowest BCUT2D eigenvalue weighted by Crippen LogP contribution is -2.43. The van der Waals surface area contributed by atoms with Gasteiger partial charge < -0.3 is 18.3 Å². The Morgan fingerprint density at radius 1 is 0.941 bits per heavy atom. The van der Waals surface area contributed by atoms with Crippen molar-refractivity contribution in [1.82, 2.24) is 0 Å². The first-order valence-electron chi connectivity index (χ1n) is 6.11. The summed E-state index contributed by atoms with van der Waals surface area (Å²) in [6, 6.07) is 1.94.